The molecule has 0 spiro atoms. The molecule has 0 saturated heterocycles. The molecule has 1 N–H and O–H groups in total. The van der Waals surface area contributed by atoms with Gasteiger partial charge in [0.2, 0.25) is 15.9 Å². The summed E-state index contributed by atoms with van der Waals surface area (Å²) >= 11 is 1.53. The highest BCUT2D eigenvalue weighted by molar-refractivity contribution is 7.89. The highest BCUT2D eigenvalue weighted by atomic mass is 32.2. The Labute approximate surface area is 146 Å². The number of aryl methyl sites for hydroxylation is 1. The fourth-order valence-corrected chi connectivity index (χ4v) is 3.91. The molecular formula is C16H21N3O3S2. The number of sulfonamides is 1. The third-order valence-electron chi connectivity index (χ3n) is 3.45. The zero-order valence-corrected chi connectivity index (χ0v) is 15.6. The number of anilines is 1. The molecule has 0 aliphatic heterocycles. The van der Waals surface area contributed by atoms with Gasteiger partial charge in [-0.15, -0.1) is 11.3 Å². The molecule has 0 fully saturated rings. The van der Waals surface area contributed by atoms with Crippen LogP contribution in [0.4, 0.5) is 5.69 Å². The molecule has 0 aliphatic carbocycles. The number of hydrogen-bond donors (Lipinski definition) is 1. The number of carbonyl (C=O) groups excluding carboxylic acids is 1. The van der Waals surface area contributed by atoms with Crippen molar-refractivity contribution in [3.63, 3.8) is 0 Å². The number of hydrogen-bond acceptors (Lipinski definition) is 5. The van der Waals surface area contributed by atoms with Crippen molar-refractivity contribution in [2.75, 3.05) is 12.4 Å². The van der Waals surface area contributed by atoms with Crippen LogP contribution in [0.5, 0.6) is 0 Å². The fraction of sp³-hybridized carbons (Fsp3) is 0.375. The number of amides is 1. The summed E-state index contributed by atoms with van der Waals surface area (Å²) in [5.74, 6) is -0.113. The van der Waals surface area contributed by atoms with Gasteiger partial charge in [-0.25, -0.2) is 13.4 Å². The first kappa shape index (κ1) is 18.6. The SMILES string of the molecule is CCC(=O)Nc1ccc(S(=O)(=O)N(C)Cc2csc(CC)n2)cc1. The van der Waals surface area contributed by atoms with Crippen molar-refractivity contribution in [3.05, 3.63) is 40.3 Å². The third kappa shape index (κ3) is 4.40. The van der Waals surface area contributed by atoms with Crippen molar-refractivity contribution in [3.8, 4) is 0 Å². The van der Waals surface area contributed by atoms with Gasteiger partial charge in [0.25, 0.3) is 0 Å². The van der Waals surface area contributed by atoms with Crippen molar-refractivity contribution < 1.29 is 13.2 Å². The second-order valence-electron chi connectivity index (χ2n) is 5.27. The molecule has 2 rings (SSSR count). The number of nitrogens with one attached hydrogen (secondary N) is 1. The predicted molar refractivity (Wildman–Crippen MR) is 95.5 cm³/mol. The van der Waals surface area contributed by atoms with Crippen molar-refractivity contribution in [1.29, 1.82) is 0 Å². The van der Waals surface area contributed by atoms with Crippen LogP contribution < -0.4 is 5.32 Å². The van der Waals surface area contributed by atoms with E-state index in [1.807, 2.05) is 12.3 Å². The number of rotatable bonds is 7. The van der Waals surface area contributed by atoms with Crippen LogP contribution in [0, 0.1) is 0 Å². The standard InChI is InChI=1S/C16H21N3O3S2/c1-4-15(20)17-12-6-8-14(9-7-12)24(21,22)19(3)10-13-11-23-16(5-2)18-13/h6-9,11H,4-5,10H2,1-3H3,(H,17,20). The zero-order chi connectivity index (χ0) is 17.7. The van der Waals surface area contributed by atoms with Gasteiger partial charge >= 0.3 is 0 Å². The Hall–Kier alpha value is -1.77. The van der Waals surface area contributed by atoms with Gasteiger partial charge in [-0.2, -0.15) is 4.31 Å². The lowest BCUT2D eigenvalue weighted by atomic mass is 10.3. The molecule has 1 aromatic carbocycles. The Morgan fingerprint density at radius 3 is 2.46 bits per heavy atom. The molecule has 24 heavy (non-hydrogen) atoms. The van der Waals surface area contributed by atoms with Crippen LogP contribution in [-0.2, 0) is 27.8 Å². The maximum atomic E-state index is 12.6. The first-order chi connectivity index (χ1) is 11.4. The summed E-state index contributed by atoms with van der Waals surface area (Å²) in [5.41, 5.74) is 1.32. The molecule has 0 aliphatic rings. The molecular weight excluding hydrogens is 346 g/mol. The van der Waals surface area contributed by atoms with Gasteiger partial charge in [0.1, 0.15) is 0 Å². The van der Waals surface area contributed by atoms with Crippen molar-refractivity contribution in [2.24, 2.45) is 0 Å². The van der Waals surface area contributed by atoms with Crippen LogP contribution in [0.1, 0.15) is 31.0 Å². The third-order valence-corrected chi connectivity index (χ3v) is 6.31. The van der Waals surface area contributed by atoms with E-state index in [2.05, 4.69) is 10.3 Å². The van der Waals surface area contributed by atoms with E-state index < -0.39 is 10.0 Å². The molecule has 0 atom stereocenters. The minimum atomic E-state index is -3.60. The van der Waals surface area contributed by atoms with E-state index in [4.69, 9.17) is 0 Å². The van der Waals surface area contributed by atoms with Crippen LogP contribution in [0.15, 0.2) is 34.5 Å². The fourth-order valence-electron chi connectivity index (χ4n) is 2.04. The maximum Gasteiger partial charge on any atom is 0.243 e. The van der Waals surface area contributed by atoms with E-state index in [1.165, 1.54) is 34.8 Å². The lowest BCUT2D eigenvalue weighted by Crippen LogP contribution is -2.26. The minimum absolute atomic E-state index is 0.113. The summed E-state index contributed by atoms with van der Waals surface area (Å²) in [7, 11) is -2.07. The summed E-state index contributed by atoms with van der Waals surface area (Å²) in [6, 6.07) is 6.17. The first-order valence-electron chi connectivity index (χ1n) is 7.66. The van der Waals surface area contributed by atoms with Gasteiger partial charge in [0.05, 0.1) is 22.1 Å². The molecule has 130 valence electrons. The van der Waals surface area contributed by atoms with E-state index in [0.717, 1.165) is 17.1 Å². The molecule has 0 radical (unpaired) electrons. The molecule has 0 bridgehead atoms. The summed E-state index contributed by atoms with van der Waals surface area (Å²) < 4.78 is 26.5. The van der Waals surface area contributed by atoms with Gasteiger partial charge in [-0.3, -0.25) is 4.79 Å². The van der Waals surface area contributed by atoms with Crippen LogP contribution in [-0.4, -0.2) is 30.7 Å². The van der Waals surface area contributed by atoms with E-state index in [1.54, 1.807) is 19.1 Å². The molecule has 1 amide bonds. The molecule has 0 saturated carbocycles. The lowest BCUT2D eigenvalue weighted by molar-refractivity contribution is -0.115. The second kappa shape index (κ2) is 7.87. The van der Waals surface area contributed by atoms with E-state index >= 15 is 0 Å². The summed E-state index contributed by atoms with van der Waals surface area (Å²) in [6.07, 6.45) is 1.21. The van der Waals surface area contributed by atoms with E-state index in [9.17, 15) is 13.2 Å². The number of carbonyl (C=O) groups is 1. The Morgan fingerprint density at radius 2 is 1.92 bits per heavy atom. The number of thiazole rings is 1. The second-order valence-corrected chi connectivity index (χ2v) is 8.26. The minimum Gasteiger partial charge on any atom is -0.326 e. The molecule has 2 aromatic rings. The van der Waals surface area contributed by atoms with Crippen molar-refractivity contribution in [2.45, 2.75) is 38.1 Å². The number of benzene rings is 1. The quantitative estimate of drug-likeness (QED) is 0.816. The lowest BCUT2D eigenvalue weighted by Gasteiger charge is -2.16. The summed E-state index contributed by atoms with van der Waals surface area (Å²) in [4.78, 5) is 15.9. The highest BCUT2D eigenvalue weighted by Gasteiger charge is 2.21. The Balaban J connectivity index is 2.12. The Morgan fingerprint density at radius 1 is 1.25 bits per heavy atom. The van der Waals surface area contributed by atoms with Gasteiger partial charge in [0.15, 0.2) is 0 Å². The molecule has 1 aromatic heterocycles. The largest absolute Gasteiger partial charge is 0.326 e. The highest BCUT2D eigenvalue weighted by Crippen LogP contribution is 2.20. The van der Waals surface area contributed by atoms with Gasteiger partial charge < -0.3 is 5.32 Å². The summed E-state index contributed by atoms with van der Waals surface area (Å²) in [6.45, 7) is 4.00. The normalized spacial score (nSPS) is 11.7. The van der Waals surface area contributed by atoms with Gasteiger partial charge in [0, 0.05) is 24.5 Å². The van der Waals surface area contributed by atoms with E-state index in [-0.39, 0.29) is 17.3 Å². The maximum absolute atomic E-state index is 12.6. The van der Waals surface area contributed by atoms with Gasteiger partial charge in [-0.1, -0.05) is 13.8 Å². The molecule has 8 heteroatoms. The average molecular weight is 367 g/mol. The number of nitrogens with zero attached hydrogens (tertiary/aromatic N) is 2. The topological polar surface area (TPSA) is 79.4 Å². The van der Waals surface area contributed by atoms with Crippen molar-refractivity contribution in [1.82, 2.24) is 9.29 Å². The Bertz CT molecular complexity index is 798. The predicted octanol–water partition coefficient (Wildman–Crippen LogP) is 2.87. The molecule has 1 heterocycles. The van der Waals surface area contributed by atoms with Crippen LogP contribution in [0.2, 0.25) is 0 Å². The van der Waals surface area contributed by atoms with Crippen LogP contribution >= 0.6 is 11.3 Å². The smallest absolute Gasteiger partial charge is 0.243 e. The summed E-state index contributed by atoms with van der Waals surface area (Å²) in [5, 5.41) is 5.57. The first-order valence-corrected chi connectivity index (χ1v) is 9.98. The Kier molecular flexibility index (Phi) is 6.09. The van der Waals surface area contributed by atoms with Crippen molar-refractivity contribution >= 4 is 33.0 Å². The monoisotopic (exact) mass is 367 g/mol. The average Bonchev–Trinajstić information content (AvgIpc) is 3.02. The number of aromatic nitrogens is 1. The van der Waals surface area contributed by atoms with Crippen LogP contribution in [0.25, 0.3) is 0 Å². The molecule has 6 nitrogen and oxygen atoms in total. The van der Waals surface area contributed by atoms with Crippen LogP contribution in [0.3, 0.4) is 0 Å². The van der Waals surface area contributed by atoms with Gasteiger partial charge in [-0.05, 0) is 30.7 Å². The van der Waals surface area contributed by atoms with E-state index in [0.29, 0.717) is 12.1 Å². The zero-order valence-electron chi connectivity index (χ0n) is 13.9. The molecule has 0 unspecified atom stereocenters.